The Balaban J connectivity index is 1.59. The van der Waals surface area contributed by atoms with Gasteiger partial charge in [0.2, 0.25) is 0 Å². The summed E-state index contributed by atoms with van der Waals surface area (Å²) in [5, 5.41) is 3.34. The average Bonchev–Trinajstić information content (AvgIpc) is 2.93. The van der Waals surface area contributed by atoms with Crippen molar-refractivity contribution < 1.29 is 13.2 Å². The first kappa shape index (κ1) is 17.6. The fraction of sp³-hybridized carbons (Fsp3) is 0.176. The molecule has 134 valence electrons. The number of aryl methyl sites for hydroxylation is 1. The predicted octanol–water partition coefficient (Wildman–Crippen LogP) is 3.62. The van der Waals surface area contributed by atoms with Crippen molar-refractivity contribution in [2.24, 2.45) is 4.40 Å². The van der Waals surface area contributed by atoms with E-state index >= 15 is 0 Å². The Kier molecular flexibility index (Phi) is 4.32. The zero-order valence-electron chi connectivity index (χ0n) is 13.7. The van der Waals surface area contributed by atoms with Gasteiger partial charge in [-0.1, -0.05) is 15.9 Å². The van der Waals surface area contributed by atoms with Crippen molar-refractivity contribution in [3.63, 3.8) is 0 Å². The maximum Gasteiger partial charge on any atom is 0.257 e. The van der Waals surface area contributed by atoms with E-state index in [0.717, 1.165) is 26.3 Å². The number of amides is 1. The lowest BCUT2D eigenvalue weighted by molar-refractivity contribution is 0.102. The normalized spacial score (nSPS) is 17.3. The minimum absolute atomic E-state index is 0.00164. The highest BCUT2D eigenvalue weighted by atomic mass is 79.9. The molecule has 0 aliphatic carbocycles. The first-order chi connectivity index (χ1) is 12.3. The number of hydrogen-bond donors (Lipinski definition) is 1. The monoisotopic (exact) mass is 451 g/mol. The number of carbonyl (C=O) groups is 1. The number of sulfonamides is 1. The van der Waals surface area contributed by atoms with Crippen molar-refractivity contribution in [1.82, 2.24) is 0 Å². The third-order valence-corrected chi connectivity index (χ3v) is 7.35. The van der Waals surface area contributed by atoms with Gasteiger partial charge < -0.3 is 10.2 Å². The third kappa shape index (κ3) is 3.26. The van der Waals surface area contributed by atoms with Crippen LogP contribution in [0, 0.1) is 6.92 Å². The molecule has 0 saturated carbocycles. The Labute approximate surface area is 163 Å². The van der Waals surface area contributed by atoms with Gasteiger partial charge >= 0.3 is 0 Å². The molecule has 6 nitrogen and oxygen atoms in total. The number of benzene rings is 2. The van der Waals surface area contributed by atoms with Gasteiger partial charge in [-0.05, 0) is 60.6 Å². The van der Waals surface area contributed by atoms with Crippen LogP contribution in [0.15, 0.2) is 50.2 Å². The van der Waals surface area contributed by atoms with Gasteiger partial charge in [0.25, 0.3) is 15.9 Å². The van der Waals surface area contributed by atoms with Gasteiger partial charge in [0, 0.05) is 27.2 Å². The number of nitrogens with zero attached hydrogens (tertiary/aromatic N) is 2. The highest BCUT2D eigenvalue weighted by Gasteiger charge is 2.33. The van der Waals surface area contributed by atoms with Gasteiger partial charge in [0.1, 0.15) is 0 Å². The fourth-order valence-electron chi connectivity index (χ4n) is 2.80. The molecule has 2 aromatic rings. The molecule has 2 aliphatic heterocycles. The summed E-state index contributed by atoms with van der Waals surface area (Å²) in [5.41, 5.74) is 3.15. The second kappa shape index (κ2) is 6.40. The van der Waals surface area contributed by atoms with Crippen LogP contribution in [0.2, 0.25) is 0 Å². The van der Waals surface area contributed by atoms with Crippen molar-refractivity contribution in [3.05, 3.63) is 52.0 Å². The smallest absolute Gasteiger partial charge is 0.257 e. The maximum atomic E-state index is 12.6. The Morgan fingerprint density at radius 1 is 1.27 bits per heavy atom. The lowest BCUT2D eigenvalue weighted by Gasteiger charge is -2.22. The van der Waals surface area contributed by atoms with Gasteiger partial charge in [-0.2, -0.15) is 0 Å². The molecule has 2 heterocycles. The van der Waals surface area contributed by atoms with E-state index in [9.17, 15) is 13.2 Å². The molecule has 0 bridgehead atoms. The lowest BCUT2D eigenvalue weighted by Crippen LogP contribution is -2.35. The molecule has 0 fully saturated rings. The summed E-state index contributed by atoms with van der Waals surface area (Å²) < 4.78 is 28.2. The zero-order valence-corrected chi connectivity index (χ0v) is 16.9. The third-order valence-electron chi connectivity index (χ3n) is 4.15. The number of halogens is 1. The zero-order chi connectivity index (χ0) is 18.5. The van der Waals surface area contributed by atoms with Crippen molar-refractivity contribution in [1.29, 1.82) is 0 Å². The molecule has 0 unspecified atom stereocenters. The van der Waals surface area contributed by atoms with Crippen LogP contribution < -0.4 is 10.2 Å². The number of rotatable bonds is 2. The van der Waals surface area contributed by atoms with Gasteiger partial charge in [0.05, 0.1) is 11.4 Å². The molecule has 0 aromatic heterocycles. The standard InChI is InChI=1S/C17H14BrN3O3S2/c1-10-8-12(3-4-13(10)18)19-16(22)11-2-5-14-15(9-11)25-17-20-26(23,24)7-6-21(14)17/h2-5,8-9H,6-7H2,1H3,(H,19,22). The molecule has 9 heteroatoms. The number of hydrogen-bond acceptors (Lipinski definition) is 5. The summed E-state index contributed by atoms with van der Waals surface area (Å²) in [7, 11) is -3.39. The Morgan fingerprint density at radius 2 is 2.08 bits per heavy atom. The first-order valence-corrected chi connectivity index (χ1v) is 11.0. The number of carbonyl (C=O) groups excluding carboxylic acids is 1. The van der Waals surface area contributed by atoms with Crippen molar-refractivity contribution in [2.45, 2.75) is 11.8 Å². The van der Waals surface area contributed by atoms with Crippen LogP contribution in [0.4, 0.5) is 11.4 Å². The van der Waals surface area contributed by atoms with Crippen molar-refractivity contribution >= 4 is 60.2 Å². The summed E-state index contributed by atoms with van der Waals surface area (Å²) in [6.07, 6.45) is 0. The van der Waals surface area contributed by atoms with Crippen LogP contribution in [0.5, 0.6) is 0 Å². The Bertz CT molecular complexity index is 1070. The molecule has 4 rings (SSSR count). The fourth-order valence-corrected chi connectivity index (χ4v) is 5.34. The van der Waals surface area contributed by atoms with Crippen LogP contribution in [0.3, 0.4) is 0 Å². The Hall–Kier alpha value is -1.84. The second-order valence-electron chi connectivity index (χ2n) is 6.01. The molecule has 2 aliphatic rings. The van der Waals surface area contributed by atoms with Crippen LogP contribution in [0.25, 0.3) is 0 Å². The topological polar surface area (TPSA) is 78.8 Å². The van der Waals surface area contributed by atoms with E-state index in [1.165, 1.54) is 11.8 Å². The summed E-state index contributed by atoms with van der Waals surface area (Å²) in [6, 6.07) is 11.0. The van der Waals surface area contributed by atoms with E-state index in [4.69, 9.17) is 0 Å². The average molecular weight is 452 g/mol. The Morgan fingerprint density at radius 3 is 2.85 bits per heavy atom. The van der Waals surface area contributed by atoms with Crippen molar-refractivity contribution in [2.75, 3.05) is 22.5 Å². The van der Waals surface area contributed by atoms with E-state index in [0.29, 0.717) is 17.3 Å². The summed E-state index contributed by atoms with van der Waals surface area (Å²) in [5.74, 6) is -0.212. The van der Waals surface area contributed by atoms with Crippen LogP contribution in [-0.4, -0.2) is 31.8 Å². The van der Waals surface area contributed by atoms with E-state index in [1.807, 2.05) is 36.1 Å². The van der Waals surface area contributed by atoms with Gasteiger partial charge in [-0.25, -0.2) is 8.42 Å². The number of thioether (sulfide) groups is 1. The molecular weight excluding hydrogens is 438 g/mol. The van der Waals surface area contributed by atoms with E-state index < -0.39 is 10.0 Å². The number of anilines is 2. The van der Waals surface area contributed by atoms with E-state index in [-0.39, 0.29) is 11.7 Å². The van der Waals surface area contributed by atoms with E-state index in [1.54, 1.807) is 12.1 Å². The van der Waals surface area contributed by atoms with Crippen molar-refractivity contribution in [3.8, 4) is 0 Å². The predicted molar refractivity (Wildman–Crippen MR) is 108 cm³/mol. The maximum absolute atomic E-state index is 12.6. The highest BCUT2D eigenvalue weighted by molar-refractivity contribution is 9.10. The van der Waals surface area contributed by atoms with Gasteiger partial charge in [0.15, 0.2) is 5.17 Å². The number of fused-ring (bicyclic) bond motifs is 3. The molecule has 0 atom stereocenters. The SMILES string of the molecule is Cc1cc(NC(=O)c2ccc3c(c2)SC2=NS(=O)(=O)CCN23)ccc1Br. The van der Waals surface area contributed by atoms with Crippen LogP contribution in [0.1, 0.15) is 15.9 Å². The quantitative estimate of drug-likeness (QED) is 0.753. The van der Waals surface area contributed by atoms with Crippen LogP contribution in [-0.2, 0) is 10.0 Å². The largest absolute Gasteiger partial charge is 0.322 e. The minimum atomic E-state index is -3.39. The minimum Gasteiger partial charge on any atom is -0.322 e. The van der Waals surface area contributed by atoms with E-state index in [2.05, 4.69) is 25.6 Å². The molecule has 0 saturated heterocycles. The molecule has 26 heavy (non-hydrogen) atoms. The molecule has 1 N–H and O–H groups in total. The number of nitrogens with one attached hydrogen (secondary N) is 1. The highest BCUT2D eigenvalue weighted by Crippen LogP contribution is 2.42. The lowest BCUT2D eigenvalue weighted by atomic mass is 10.1. The molecule has 0 radical (unpaired) electrons. The van der Waals surface area contributed by atoms with Gasteiger partial charge in [-0.15, -0.1) is 4.40 Å². The molecule has 0 spiro atoms. The van der Waals surface area contributed by atoms with Gasteiger partial charge in [-0.3, -0.25) is 4.79 Å². The van der Waals surface area contributed by atoms with Crippen LogP contribution >= 0.6 is 27.7 Å². The molecular formula is C17H14BrN3O3S2. The summed E-state index contributed by atoms with van der Waals surface area (Å²) >= 11 is 4.71. The molecule has 1 amide bonds. The summed E-state index contributed by atoms with van der Waals surface area (Å²) in [6.45, 7) is 2.33. The molecule has 2 aromatic carbocycles. The number of amidine groups is 1. The first-order valence-electron chi connectivity index (χ1n) is 7.82. The summed E-state index contributed by atoms with van der Waals surface area (Å²) in [4.78, 5) is 15.3. The second-order valence-corrected chi connectivity index (χ2v) is 9.63.